The second kappa shape index (κ2) is 5.11. The number of hydrogen-bond donors (Lipinski definition) is 0. The number of aromatic nitrogens is 2. The summed E-state index contributed by atoms with van der Waals surface area (Å²) in [6.45, 7) is 6.29. The topological polar surface area (TPSA) is 56.0 Å². The summed E-state index contributed by atoms with van der Waals surface area (Å²) in [6.07, 6.45) is 1.65. The van der Waals surface area contributed by atoms with Crippen molar-refractivity contribution in [2.45, 2.75) is 6.92 Å². The molecule has 0 radical (unpaired) electrons. The molecule has 0 atom stereocenters. The molecule has 0 N–H and O–H groups in total. The Hall–Kier alpha value is -1.71. The van der Waals surface area contributed by atoms with E-state index in [2.05, 4.69) is 38.1 Å². The van der Waals surface area contributed by atoms with E-state index in [4.69, 9.17) is 5.26 Å². The third kappa shape index (κ3) is 2.27. The zero-order chi connectivity index (χ0) is 13.2. The van der Waals surface area contributed by atoms with Crippen molar-refractivity contribution >= 4 is 27.4 Å². The molecule has 1 aliphatic rings. The van der Waals surface area contributed by atoms with E-state index in [1.807, 2.05) is 0 Å². The Morgan fingerprint density at radius 2 is 2.11 bits per heavy atom. The summed E-state index contributed by atoms with van der Waals surface area (Å²) >= 11 is 1.71. The van der Waals surface area contributed by atoms with E-state index >= 15 is 0 Å². The summed E-state index contributed by atoms with van der Waals surface area (Å²) < 4.78 is 1.17. The molecule has 2 aromatic rings. The molecule has 6 heteroatoms. The molecule has 5 nitrogen and oxygen atoms in total. The first-order valence-electron chi connectivity index (χ1n) is 6.32. The van der Waals surface area contributed by atoms with Gasteiger partial charge >= 0.3 is 0 Å². The SMILES string of the molecule is Cc1csc2c(N3CCN(CC#N)CC3)ncnc12. The van der Waals surface area contributed by atoms with Crippen LogP contribution in [-0.4, -0.2) is 47.6 Å². The Bertz CT molecular complexity index is 621. The first-order chi connectivity index (χ1) is 9.29. The van der Waals surface area contributed by atoms with Crippen molar-refractivity contribution in [3.63, 3.8) is 0 Å². The van der Waals surface area contributed by atoms with Gasteiger partial charge in [0.05, 0.1) is 22.8 Å². The fraction of sp³-hybridized carbons (Fsp3) is 0.462. The maximum absolute atomic E-state index is 8.72. The zero-order valence-electron chi connectivity index (χ0n) is 10.8. The van der Waals surface area contributed by atoms with Crippen molar-refractivity contribution in [1.29, 1.82) is 5.26 Å². The standard InChI is InChI=1S/C13H15N5S/c1-10-8-19-12-11(10)15-9-16-13(12)18-6-4-17(3-2-14)5-7-18/h8-9H,3-7H2,1H3. The van der Waals surface area contributed by atoms with Crippen molar-refractivity contribution in [2.24, 2.45) is 0 Å². The molecule has 0 aromatic carbocycles. The number of nitriles is 1. The summed E-state index contributed by atoms with van der Waals surface area (Å²) in [6, 6.07) is 2.21. The van der Waals surface area contributed by atoms with Gasteiger partial charge in [0.15, 0.2) is 0 Å². The van der Waals surface area contributed by atoms with Crippen molar-refractivity contribution in [1.82, 2.24) is 14.9 Å². The number of aryl methyl sites for hydroxylation is 1. The molecule has 0 bridgehead atoms. The van der Waals surface area contributed by atoms with Crippen molar-refractivity contribution in [2.75, 3.05) is 37.6 Å². The molecule has 0 aliphatic carbocycles. The third-order valence-corrected chi connectivity index (χ3v) is 4.56. The first-order valence-corrected chi connectivity index (χ1v) is 7.20. The van der Waals surface area contributed by atoms with E-state index in [-0.39, 0.29) is 0 Å². The Kier molecular flexibility index (Phi) is 3.32. The fourth-order valence-corrected chi connectivity index (χ4v) is 3.42. The van der Waals surface area contributed by atoms with E-state index in [1.54, 1.807) is 17.7 Å². The van der Waals surface area contributed by atoms with E-state index in [0.29, 0.717) is 6.54 Å². The van der Waals surface area contributed by atoms with Gasteiger partial charge in [0.2, 0.25) is 0 Å². The highest BCUT2D eigenvalue weighted by Gasteiger charge is 2.20. The molecule has 0 spiro atoms. The highest BCUT2D eigenvalue weighted by atomic mass is 32.1. The predicted molar refractivity (Wildman–Crippen MR) is 76.4 cm³/mol. The van der Waals surface area contributed by atoms with Crippen LogP contribution in [0.1, 0.15) is 5.56 Å². The molecule has 1 saturated heterocycles. The summed E-state index contributed by atoms with van der Waals surface area (Å²) in [5, 5.41) is 10.9. The monoisotopic (exact) mass is 273 g/mol. The number of fused-ring (bicyclic) bond motifs is 1. The maximum Gasteiger partial charge on any atom is 0.150 e. The number of rotatable bonds is 2. The Morgan fingerprint density at radius 3 is 2.84 bits per heavy atom. The van der Waals surface area contributed by atoms with E-state index < -0.39 is 0 Å². The van der Waals surface area contributed by atoms with Gasteiger partial charge in [-0.05, 0) is 17.9 Å². The summed E-state index contributed by atoms with van der Waals surface area (Å²) in [5.41, 5.74) is 2.28. The minimum atomic E-state index is 0.519. The smallest absolute Gasteiger partial charge is 0.150 e. The first kappa shape index (κ1) is 12.3. The van der Waals surface area contributed by atoms with Crippen molar-refractivity contribution in [3.8, 4) is 6.07 Å². The van der Waals surface area contributed by atoms with Gasteiger partial charge in [0, 0.05) is 26.2 Å². The quantitative estimate of drug-likeness (QED) is 0.779. The van der Waals surface area contributed by atoms with E-state index in [1.165, 1.54) is 10.3 Å². The molecule has 0 saturated carbocycles. The van der Waals surface area contributed by atoms with Crippen LogP contribution in [0, 0.1) is 18.3 Å². The lowest BCUT2D eigenvalue weighted by molar-refractivity contribution is 0.286. The summed E-state index contributed by atoms with van der Waals surface area (Å²) in [5.74, 6) is 1.04. The molecule has 1 aliphatic heterocycles. The molecular formula is C13H15N5S. The minimum Gasteiger partial charge on any atom is -0.353 e. The maximum atomic E-state index is 8.72. The third-order valence-electron chi connectivity index (χ3n) is 3.48. The summed E-state index contributed by atoms with van der Waals surface area (Å²) in [7, 11) is 0. The number of thiophene rings is 1. The number of hydrogen-bond acceptors (Lipinski definition) is 6. The lowest BCUT2D eigenvalue weighted by Gasteiger charge is -2.34. The van der Waals surface area contributed by atoms with Crippen LogP contribution in [0.3, 0.4) is 0 Å². The second-order valence-electron chi connectivity index (χ2n) is 4.72. The molecule has 19 heavy (non-hydrogen) atoms. The lowest BCUT2D eigenvalue weighted by Crippen LogP contribution is -2.46. The Morgan fingerprint density at radius 1 is 1.32 bits per heavy atom. The fourth-order valence-electron chi connectivity index (χ4n) is 2.40. The molecule has 3 heterocycles. The van der Waals surface area contributed by atoms with Gasteiger partial charge in [-0.3, -0.25) is 4.90 Å². The van der Waals surface area contributed by atoms with Gasteiger partial charge in [-0.2, -0.15) is 5.26 Å². The van der Waals surface area contributed by atoms with Gasteiger partial charge in [0.1, 0.15) is 12.1 Å². The molecule has 3 rings (SSSR count). The predicted octanol–water partition coefficient (Wildman–Crippen LogP) is 1.65. The van der Waals surface area contributed by atoms with Crippen LogP contribution in [0.2, 0.25) is 0 Å². The van der Waals surface area contributed by atoms with Gasteiger partial charge in [0.25, 0.3) is 0 Å². The molecular weight excluding hydrogens is 258 g/mol. The molecule has 1 fully saturated rings. The average Bonchev–Trinajstić information content (AvgIpc) is 2.82. The lowest BCUT2D eigenvalue weighted by atomic mass is 10.2. The number of piperazine rings is 1. The van der Waals surface area contributed by atoms with Crippen LogP contribution in [-0.2, 0) is 0 Å². The molecule has 0 unspecified atom stereocenters. The normalized spacial score (nSPS) is 16.7. The molecule has 2 aromatic heterocycles. The van der Waals surface area contributed by atoms with Crippen molar-refractivity contribution < 1.29 is 0 Å². The van der Waals surface area contributed by atoms with Gasteiger partial charge < -0.3 is 4.90 Å². The Labute approximate surface area is 116 Å². The Balaban J connectivity index is 1.84. The highest BCUT2D eigenvalue weighted by Crippen LogP contribution is 2.31. The van der Waals surface area contributed by atoms with Gasteiger partial charge in [-0.15, -0.1) is 11.3 Å². The van der Waals surface area contributed by atoms with E-state index in [0.717, 1.165) is 37.5 Å². The second-order valence-corrected chi connectivity index (χ2v) is 5.59. The largest absolute Gasteiger partial charge is 0.353 e. The number of anilines is 1. The van der Waals surface area contributed by atoms with Gasteiger partial charge in [-0.1, -0.05) is 0 Å². The van der Waals surface area contributed by atoms with E-state index in [9.17, 15) is 0 Å². The minimum absolute atomic E-state index is 0.519. The van der Waals surface area contributed by atoms with Crippen LogP contribution >= 0.6 is 11.3 Å². The molecule has 0 amide bonds. The number of nitrogens with zero attached hydrogens (tertiary/aromatic N) is 5. The van der Waals surface area contributed by atoms with Crippen LogP contribution in [0.4, 0.5) is 5.82 Å². The van der Waals surface area contributed by atoms with Crippen molar-refractivity contribution in [3.05, 3.63) is 17.3 Å². The average molecular weight is 273 g/mol. The molecule has 98 valence electrons. The van der Waals surface area contributed by atoms with Crippen LogP contribution < -0.4 is 4.90 Å². The summed E-state index contributed by atoms with van der Waals surface area (Å²) in [4.78, 5) is 13.3. The van der Waals surface area contributed by atoms with Crippen LogP contribution in [0.5, 0.6) is 0 Å². The zero-order valence-corrected chi connectivity index (χ0v) is 11.7. The van der Waals surface area contributed by atoms with Crippen LogP contribution in [0.25, 0.3) is 10.2 Å². The van der Waals surface area contributed by atoms with Crippen LogP contribution in [0.15, 0.2) is 11.7 Å². The van der Waals surface area contributed by atoms with Gasteiger partial charge in [-0.25, -0.2) is 9.97 Å². The highest BCUT2D eigenvalue weighted by molar-refractivity contribution is 7.18.